The van der Waals surface area contributed by atoms with E-state index in [2.05, 4.69) is 102 Å². The number of para-hydroxylation sites is 1. The highest BCUT2D eigenvalue weighted by molar-refractivity contribution is 6.24. The Hall–Kier alpha value is -7.11. The lowest BCUT2D eigenvalue weighted by Gasteiger charge is -2.13. The van der Waals surface area contributed by atoms with Crippen molar-refractivity contribution in [3.05, 3.63) is 170 Å². The van der Waals surface area contributed by atoms with Crippen LogP contribution in [-0.2, 0) is 0 Å². The number of rotatable bonds is 4. The average molecular weight is 665 g/mol. The van der Waals surface area contributed by atoms with Crippen LogP contribution in [0.5, 0.6) is 0 Å². The van der Waals surface area contributed by atoms with Crippen LogP contribution in [-0.4, -0.2) is 19.5 Å². The summed E-state index contributed by atoms with van der Waals surface area (Å²) < 4.78 is 9.15. The van der Waals surface area contributed by atoms with Crippen molar-refractivity contribution in [3.63, 3.8) is 0 Å². The van der Waals surface area contributed by atoms with Crippen LogP contribution in [0.4, 0.5) is 0 Å². The van der Waals surface area contributed by atoms with E-state index in [9.17, 15) is 0 Å². The highest BCUT2D eigenvalue weighted by Gasteiger charge is 2.22. The number of nitrogens with zero attached hydrogens (tertiary/aromatic N) is 4. The zero-order chi connectivity index (χ0) is 34.2. The number of hydrogen-bond acceptors (Lipinski definition) is 4. The van der Waals surface area contributed by atoms with Crippen molar-refractivity contribution in [3.8, 4) is 39.9 Å². The van der Waals surface area contributed by atoms with Crippen LogP contribution < -0.4 is 0 Å². The van der Waals surface area contributed by atoms with Gasteiger partial charge in [0.15, 0.2) is 23.1 Å². The van der Waals surface area contributed by atoms with Gasteiger partial charge < -0.3 is 8.98 Å². The normalized spacial score (nSPS) is 11.8. The van der Waals surface area contributed by atoms with Gasteiger partial charge in [-0.1, -0.05) is 133 Å². The van der Waals surface area contributed by atoms with E-state index in [1.807, 2.05) is 72.8 Å². The number of benzene rings is 8. The lowest BCUT2D eigenvalue weighted by atomic mass is 10.0. The zero-order valence-corrected chi connectivity index (χ0v) is 27.9. The first-order valence-corrected chi connectivity index (χ1v) is 17.4. The molecule has 0 fully saturated rings. The van der Waals surface area contributed by atoms with E-state index in [0.29, 0.717) is 17.5 Å². The Kier molecular flexibility index (Phi) is 6.18. The second-order valence-corrected chi connectivity index (χ2v) is 13.2. The molecule has 5 heteroatoms. The van der Waals surface area contributed by atoms with Gasteiger partial charge in [-0.2, -0.15) is 0 Å². The monoisotopic (exact) mass is 664 g/mol. The fourth-order valence-corrected chi connectivity index (χ4v) is 7.77. The van der Waals surface area contributed by atoms with Gasteiger partial charge in [-0.3, -0.25) is 0 Å². The molecule has 52 heavy (non-hydrogen) atoms. The van der Waals surface area contributed by atoms with Crippen LogP contribution in [0.15, 0.2) is 174 Å². The van der Waals surface area contributed by atoms with Crippen molar-refractivity contribution in [2.45, 2.75) is 0 Å². The first-order valence-electron chi connectivity index (χ1n) is 17.4. The third-order valence-corrected chi connectivity index (χ3v) is 10.2. The van der Waals surface area contributed by atoms with E-state index in [0.717, 1.165) is 55.3 Å². The summed E-state index contributed by atoms with van der Waals surface area (Å²) in [5.41, 5.74) is 7.52. The van der Waals surface area contributed by atoms with E-state index in [-0.39, 0.29) is 0 Å². The van der Waals surface area contributed by atoms with Gasteiger partial charge >= 0.3 is 0 Å². The van der Waals surface area contributed by atoms with Gasteiger partial charge in [0.25, 0.3) is 0 Å². The molecule has 0 amide bonds. The summed E-state index contributed by atoms with van der Waals surface area (Å²) in [5, 5.41) is 9.25. The standard InChI is InChI=1S/C47H28N4O/c1-3-14-30(15-4-1)45-48-46(31-16-5-2-6-17-31)50-47(49-45)34-26-37-36-21-11-12-22-42(36)52-44(37)41(28-34)51-39-24-23-29-13-9-10-20-35(29)43(39)38-25-32-18-7-8-19-33(32)27-40(38)51/h1-28H. The van der Waals surface area contributed by atoms with Crippen LogP contribution >= 0.6 is 0 Å². The highest BCUT2D eigenvalue weighted by Crippen LogP contribution is 2.43. The SMILES string of the molecule is c1ccc(-c2nc(-c3ccccc3)nc(-c3cc(-n4c5cc6ccccc6cc5c5c6ccccc6ccc54)c4oc5ccccc5c4c3)n2)cc1. The Morgan fingerprint density at radius 3 is 1.67 bits per heavy atom. The first-order chi connectivity index (χ1) is 25.8. The summed E-state index contributed by atoms with van der Waals surface area (Å²) in [6, 6.07) is 59.2. The Morgan fingerprint density at radius 1 is 0.385 bits per heavy atom. The maximum Gasteiger partial charge on any atom is 0.164 e. The van der Waals surface area contributed by atoms with Crippen LogP contribution in [0.25, 0.3) is 105 Å². The van der Waals surface area contributed by atoms with Gasteiger partial charge in [-0.05, 0) is 57.9 Å². The van der Waals surface area contributed by atoms with E-state index >= 15 is 0 Å². The molecule has 0 bridgehead atoms. The predicted octanol–water partition coefficient (Wildman–Crippen LogP) is 12.2. The summed E-state index contributed by atoms with van der Waals surface area (Å²) in [5.74, 6) is 1.84. The molecular formula is C47H28N4O. The lowest BCUT2D eigenvalue weighted by Crippen LogP contribution is -2.01. The van der Waals surface area contributed by atoms with Gasteiger partial charge in [0.1, 0.15) is 5.58 Å². The molecule has 0 saturated heterocycles. The van der Waals surface area contributed by atoms with E-state index < -0.39 is 0 Å². The van der Waals surface area contributed by atoms with E-state index in [1.165, 1.54) is 32.3 Å². The Labute approximate surface area is 298 Å². The Bertz CT molecular complexity index is 3120. The lowest BCUT2D eigenvalue weighted by molar-refractivity contribution is 0.666. The number of fused-ring (bicyclic) bond motifs is 9. The van der Waals surface area contributed by atoms with Crippen molar-refractivity contribution in [1.82, 2.24) is 19.5 Å². The molecule has 0 aliphatic rings. The molecule has 0 atom stereocenters. The molecule has 3 aromatic heterocycles. The third-order valence-electron chi connectivity index (χ3n) is 10.2. The molecule has 0 saturated carbocycles. The molecule has 0 N–H and O–H groups in total. The van der Waals surface area contributed by atoms with Crippen LogP contribution in [0.3, 0.4) is 0 Å². The number of hydrogen-bond donors (Lipinski definition) is 0. The summed E-state index contributed by atoms with van der Waals surface area (Å²) in [7, 11) is 0. The van der Waals surface area contributed by atoms with Crippen molar-refractivity contribution in [2.24, 2.45) is 0 Å². The second kappa shape index (κ2) is 11.2. The molecule has 8 aromatic carbocycles. The number of furan rings is 1. The summed E-state index contributed by atoms with van der Waals surface area (Å²) in [6.07, 6.45) is 0. The average Bonchev–Trinajstić information content (AvgIpc) is 3.75. The van der Waals surface area contributed by atoms with E-state index in [4.69, 9.17) is 19.4 Å². The van der Waals surface area contributed by atoms with Crippen molar-refractivity contribution in [1.29, 1.82) is 0 Å². The number of aromatic nitrogens is 4. The molecule has 0 unspecified atom stereocenters. The van der Waals surface area contributed by atoms with Crippen molar-refractivity contribution >= 4 is 65.3 Å². The molecule has 0 radical (unpaired) electrons. The first kappa shape index (κ1) is 28.7. The topological polar surface area (TPSA) is 56.7 Å². The Morgan fingerprint density at radius 2 is 0.962 bits per heavy atom. The highest BCUT2D eigenvalue weighted by atomic mass is 16.3. The minimum atomic E-state index is 0.595. The Balaban J connectivity index is 1.28. The third kappa shape index (κ3) is 4.39. The van der Waals surface area contributed by atoms with Crippen molar-refractivity contribution < 1.29 is 4.42 Å². The van der Waals surface area contributed by atoms with Gasteiger partial charge in [0, 0.05) is 38.2 Å². The molecule has 3 heterocycles. The van der Waals surface area contributed by atoms with Crippen LogP contribution in [0.1, 0.15) is 0 Å². The summed E-state index contributed by atoms with van der Waals surface area (Å²) in [6.45, 7) is 0. The predicted molar refractivity (Wildman–Crippen MR) is 213 cm³/mol. The second-order valence-electron chi connectivity index (χ2n) is 13.2. The minimum absolute atomic E-state index is 0.595. The quantitative estimate of drug-likeness (QED) is 0.188. The summed E-state index contributed by atoms with van der Waals surface area (Å²) >= 11 is 0. The van der Waals surface area contributed by atoms with Gasteiger partial charge in [0.05, 0.1) is 16.7 Å². The molecule has 0 aliphatic heterocycles. The molecule has 5 nitrogen and oxygen atoms in total. The van der Waals surface area contributed by atoms with Gasteiger partial charge in [-0.15, -0.1) is 0 Å². The minimum Gasteiger partial charge on any atom is -0.454 e. The maximum absolute atomic E-state index is 6.78. The smallest absolute Gasteiger partial charge is 0.164 e. The van der Waals surface area contributed by atoms with Crippen LogP contribution in [0, 0.1) is 0 Å². The largest absolute Gasteiger partial charge is 0.454 e. The molecular weight excluding hydrogens is 637 g/mol. The molecule has 242 valence electrons. The van der Waals surface area contributed by atoms with E-state index in [1.54, 1.807) is 0 Å². The fourth-order valence-electron chi connectivity index (χ4n) is 7.77. The molecule has 0 aliphatic carbocycles. The molecule has 0 spiro atoms. The van der Waals surface area contributed by atoms with Crippen molar-refractivity contribution in [2.75, 3.05) is 0 Å². The molecule has 11 aromatic rings. The zero-order valence-electron chi connectivity index (χ0n) is 27.9. The van der Waals surface area contributed by atoms with Crippen LogP contribution in [0.2, 0.25) is 0 Å². The maximum atomic E-state index is 6.78. The van der Waals surface area contributed by atoms with Gasteiger partial charge in [0.2, 0.25) is 0 Å². The van der Waals surface area contributed by atoms with Gasteiger partial charge in [-0.25, -0.2) is 15.0 Å². The summed E-state index contributed by atoms with van der Waals surface area (Å²) in [4.78, 5) is 15.2. The fraction of sp³-hybridized carbons (Fsp3) is 0. The molecule has 11 rings (SSSR count).